The second-order valence-corrected chi connectivity index (χ2v) is 3.52. The zero-order valence-corrected chi connectivity index (χ0v) is 7.68. The molecule has 1 N–H and O–H groups in total. The molecule has 72 valence electrons. The molecule has 0 radical (unpaired) electrons. The average molecular weight is 182 g/mol. The quantitative estimate of drug-likeness (QED) is 0.698. The van der Waals surface area contributed by atoms with Crippen LogP contribution in [-0.4, -0.2) is 34.0 Å². The molecule has 1 saturated heterocycles. The Kier molecular flexibility index (Phi) is 2.33. The van der Waals surface area contributed by atoms with E-state index in [9.17, 15) is 5.11 Å². The molecule has 0 aromatic carbocycles. The summed E-state index contributed by atoms with van der Waals surface area (Å²) >= 11 is 0. The van der Waals surface area contributed by atoms with E-state index in [-0.39, 0.29) is 12.0 Å². The Morgan fingerprint density at radius 3 is 3.08 bits per heavy atom. The van der Waals surface area contributed by atoms with E-state index in [2.05, 4.69) is 4.98 Å². The van der Waals surface area contributed by atoms with E-state index in [0.717, 1.165) is 12.2 Å². The van der Waals surface area contributed by atoms with Gasteiger partial charge < -0.3 is 14.4 Å². The SMILES string of the molecule is Cn1ccnc1C[C@@H]1COC[C@H]1O. The number of hydrogen-bond acceptors (Lipinski definition) is 3. The Hall–Kier alpha value is -0.870. The highest BCUT2D eigenvalue weighted by Crippen LogP contribution is 2.17. The smallest absolute Gasteiger partial charge is 0.108 e. The van der Waals surface area contributed by atoms with E-state index in [1.165, 1.54) is 0 Å². The van der Waals surface area contributed by atoms with Crippen LogP contribution in [-0.2, 0) is 18.2 Å². The molecule has 1 fully saturated rings. The van der Waals surface area contributed by atoms with Crippen molar-refractivity contribution in [3.05, 3.63) is 18.2 Å². The monoisotopic (exact) mass is 182 g/mol. The topological polar surface area (TPSA) is 47.3 Å². The Morgan fingerprint density at radius 1 is 1.69 bits per heavy atom. The fourth-order valence-electron chi connectivity index (χ4n) is 1.61. The molecule has 0 amide bonds. The number of hydrogen-bond donors (Lipinski definition) is 1. The average Bonchev–Trinajstić information content (AvgIpc) is 2.65. The van der Waals surface area contributed by atoms with Crippen LogP contribution in [0.4, 0.5) is 0 Å². The highest BCUT2D eigenvalue weighted by molar-refractivity contribution is 4.95. The van der Waals surface area contributed by atoms with Crippen molar-refractivity contribution in [2.75, 3.05) is 13.2 Å². The summed E-state index contributed by atoms with van der Waals surface area (Å²) in [7, 11) is 1.96. The molecule has 2 heterocycles. The number of nitrogens with zero attached hydrogens (tertiary/aromatic N) is 2. The van der Waals surface area contributed by atoms with Gasteiger partial charge in [0.1, 0.15) is 5.82 Å². The van der Waals surface area contributed by atoms with Crippen molar-refractivity contribution in [3.8, 4) is 0 Å². The van der Waals surface area contributed by atoms with Crippen LogP contribution in [0.5, 0.6) is 0 Å². The van der Waals surface area contributed by atoms with E-state index >= 15 is 0 Å². The minimum Gasteiger partial charge on any atom is -0.390 e. The third-order valence-electron chi connectivity index (χ3n) is 2.53. The molecule has 13 heavy (non-hydrogen) atoms. The maximum atomic E-state index is 9.52. The van der Waals surface area contributed by atoms with E-state index in [1.807, 2.05) is 17.8 Å². The Bertz CT molecular complexity index is 285. The van der Waals surface area contributed by atoms with E-state index in [1.54, 1.807) is 6.20 Å². The van der Waals surface area contributed by atoms with Gasteiger partial charge >= 0.3 is 0 Å². The highest BCUT2D eigenvalue weighted by atomic mass is 16.5. The molecule has 2 atom stereocenters. The molecule has 0 bridgehead atoms. The Balaban J connectivity index is 2.01. The Labute approximate surface area is 77.2 Å². The van der Waals surface area contributed by atoms with Gasteiger partial charge in [-0.15, -0.1) is 0 Å². The van der Waals surface area contributed by atoms with E-state index in [0.29, 0.717) is 13.2 Å². The van der Waals surface area contributed by atoms with Gasteiger partial charge in [-0.05, 0) is 0 Å². The maximum Gasteiger partial charge on any atom is 0.108 e. The van der Waals surface area contributed by atoms with E-state index < -0.39 is 0 Å². The lowest BCUT2D eigenvalue weighted by molar-refractivity contribution is 0.118. The molecular weight excluding hydrogens is 168 g/mol. The number of aliphatic hydroxyl groups excluding tert-OH is 1. The van der Waals surface area contributed by atoms with Crippen LogP contribution in [0.1, 0.15) is 5.82 Å². The molecule has 0 unspecified atom stereocenters. The molecule has 0 aliphatic carbocycles. The molecule has 1 aromatic rings. The number of aromatic nitrogens is 2. The summed E-state index contributed by atoms with van der Waals surface area (Å²) in [5.41, 5.74) is 0. The molecule has 1 aliphatic heterocycles. The normalized spacial score (nSPS) is 28.2. The van der Waals surface area contributed by atoms with Gasteiger partial charge in [0, 0.05) is 31.8 Å². The van der Waals surface area contributed by atoms with Crippen LogP contribution in [0.25, 0.3) is 0 Å². The first kappa shape index (κ1) is 8.72. The minimum atomic E-state index is -0.323. The lowest BCUT2D eigenvalue weighted by Gasteiger charge is -2.11. The molecule has 0 spiro atoms. The van der Waals surface area contributed by atoms with Crippen molar-refractivity contribution >= 4 is 0 Å². The first-order valence-corrected chi connectivity index (χ1v) is 4.49. The molecule has 1 aliphatic rings. The number of imidazole rings is 1. The van der Waals surface area contributed by atoms with Gasteiger partial charge in [0.25, 0.3) is 0 Å². The number of rotatable bonds is 2. The van der Waals surface area contributed by atoms with E-state index in [4.69, 9.17) is 4.74 Å². The minimum absolute atomic E-state index is 0.209. The predicted molar refractivity (Wildman–Crippen MR) is 47.2 cm³/mol. The fourth-order valence-corrected chi connectivity index (χ4v) is 1.61. The molecule has 0 saturated carbocycles. The highest BCUT2D eigenvalue weighted by Gasteiger charge is 2.27. The molecule has 2 rings (SSSR count). The number of aliphatic hydroxyl groups is 1. The first-order chi connectivity index (χ1) is 6.27. The van der Waals surface area contributed by atoms with Crippen LogP contribution in [0, 0.1) is 5.92 Å². The predicted octanol–water partition coefficient (Wildman–Crippen LogP) is -0.0301. The first-order valence-electron chi connectivity index (χ1n) is 4.49. The van der Waals surface area contributed by atoms with Gasteiger partial charge in [0.05, 0.1) is 19.3 Å². The second-order valence-electron chi connectivity index (χ2n) is 3.52. The molecular formula is C9H14N2O2. The van der Waals surface area contributed by atoms with Gasteiger partial charge in [0.15, 0.2) is 0 Å². The summed E-state index contributed by atoms with van der Waals surface area (Å²) in [6.07, 6.45) is 4.16. The van der Waals surface area contributed by atoms with Crippen molar-refractivity contribution in [3.63, 3.8) is 0 Å². The van der Waals surface area contributed by atoms with Gasteiger partial charge in [-0.1, -0.05) is 0 Å². The second kappa shape index (κ2) is 3.47. The van der Waals surface area contributed by atoms with Crippen LogP contribution in [0.2, 0.25) is 0 Å². The van der Waals surface area contributed by atoms with Crippen LogP contribution in [0.3, 0.4) is 0 Å². The summed E-state index contributed by atoms with van der Waals surface area (Å²) in [6, 6.07) is 0. The lowest BCUT2D eigenvalue weighted by atomic mass is 10.0. The van der Waals surface area contributed by atoms with Gasteiger partial charge in [-0.25, -0.2) is 4.98 Å². The summed E-state index contributed by atoms with van der Waals surface area (Å²) in [6.45, 7) is 1.11. The maximum absolute atomic E-state index is 9.52. The van der Waals surface area contributed by atoms with Crippen LogP contribution >= 0.6 is 0 Å². The Morgan fingerprint density at radius 2 is 2.54 bits per heavy atom. The van der Waals surface area contributed by atoms with Crippen molar-refractivity contribution < 1.29 is 9.84 Å². The van der Waals surface area contributed by atoms with Crippen LogP contribution in [0.15, 0.2) is 12.4 Å². The lowest BCUT2D eigenvalue weighted by Crippen LogP contribution is -2.21. The molecule has 4 heteroatoms. The van der Waals surface area contributed by atoms with Gasteiger partial charge in [-0.2, -0.15) is 0 Å². The molecule has 1 aromatic heterocycles. The standard InChI is InChI=1S/C9H14N2O2/c1-11-3-2-10-9(11)4-7-5-13-6-8(7)12/h2-3,7-8,12H,4-6H2,1H3/t7-,8-/m1/s1. The number of aryl methyl sites for hydroxylation is 1. The number of ether oxygens (including phenoxy) is 1. The summed E-state index contributed by atoms with van der Waals surface area (Å²) < 4.78 is 7.15. The fraction of sp³-hybridized carbons (Fsp3) is 0.667. The largest absolute Gasteiger partial charge is 0.390 e. The van der Waals surface area contributed by atoms with Crippen LogP contribution < -0.4 is 0 Å². The third-order valence-corrected chi connectivity index (χ3v) is 2.53. The third kappa shape index (κ3) is 1.73. The summed E-state index contributed by atoms with van der Waals surface area (Å²) in [4.78, 5) is 4.21. The van der Waals surface area contributed by atoms with Crippen molar-refractivity contribution in [2.24, 2.45) is 13.0 Å². The van der Waals surface area contributed by atoms with Crippen molar-refractivity contribution in [2.45, 2.75) is 12.5 Å². The zero-order chi connectivity index (χ0) is 9.26. The molecule has 4 nitrogen and oxygen atoms in total. The summed E-state index contributed by atoms with van der Waals surface area (Å²) in [5, 5.41) is 9.52. The zero-order valence-electron chi connectivity index (χ0n) is 7.68. The van der Waals surface area contributed by atoms with Crippen molar-refractivity contribution in [1.82, 2.24) is 9.55 Å². The summed E-state index contributed by atoms with van der Waals surface area (Å²) in [5.74, 6) is 1.22. The van der Waals surface area contributed by atoms with Crippen molar-refractivity contribution in [1.29, 1.82) is 0 Å². The van der Waals surface area contributed by atoms with Gasteiger partial charge in [0.2, 0.25) is 0 Å². The van der Waals surface area contributed by atoms with Gasteiger partial charge in [-0.3, -0.25) is 0 Å².